The van der Waals surface area contributed by atoms with Gasteiger partial charge in [0, 0.05) is 53.7 Å². The zero-order chi connectivity index (χ0) is 44.4. The van der Waals surface area contributed by atoms with Crippen LogP contribution < -0.4 is 16.2 Å². The number of alkyl carbamates (subject to hydrolysis) is 1. The summed E-state index contributed by atoms with van der Waals surface area (Å²) < 4.78 is 44.1. The number of nitrogens with one attached hydrogen (secondary N) is 2. The van der Waals surface area contributed by atoms with Crippen molar-refractivity contribution in [2.75, 3.05) is 59.3 Å². The summed E-state index contributed by atoms with van der Waals surface area (Å²) in [4.78, 5) is 82.0. The van der Waals surface area contributed by atoms with Gasteiger partial charge in [-0.1, -0.05) is 6.92 Å². The molecule has 0 radical (unpaired) electrons. The van der Waals surface area contributed by atoms with Gasteiger partial charge in [-0.25, -0.2) is 19.0 Å². The molecule has 63 heavy (non-hydrogen) atoms. The maximum atomic E-state index is 15.2. The number of aromatic nitrogens is 2. The highest BCUT2D eigenvalue weighted by molar-refractivity contribution is 6.12. The van der Waals surface area contributed by atoms with E-state index in [9.17, 15) is 33.9 Å². The van der Waals surface area contributed by atoms with E-state index in [0.717, 1.165) is 29.4 Å². The molecular weight excluding hydrogens is 822 g/mol. The van der Waals surface area contributed by atoms with Gasteiger partial charge in [0.25, 0.3) is 17.4 Å². The van der Waals surface area contributed by atoms with Crippen molar-refractivity contribution in [1.29, 1.82) is 0 Å². The first-order valence-corrected chi connectivity index (χ1v) is 21.7. The van der Waals surface area contributed by atoms with Gasteiger partial charge in [-0.2, -0.15) is 0 Å². The van der Waals surface area contributed by atoms with Gasteiger partial charge < -0.3 is 44.0 Å². The maximum absolute atomic E-state index is 15.2. The average Bonchev–Trinajstić information content (AvgIpc) is 3.81. The molecule has 0 spiro atoms. The number of imide groups is 1. The second-order valence-electron chi connectivity index (χ2n) is 16.6. The van der Waals surface area contributed by atoms with Crippen LogP contribution in [0.3, 0.4) is 0 Å². The van der Waals surface area contributed by atoms with Gasteiger partial charge in [0.1, 0.15) is 19.0 Å². The fraction of sp³-hybridized carbons (Fsp3) is 0.533. The van der Waals surface area contributed by atoms with E-state index in [-0.39, 0.29) is 80.1 Å². The largest absolute Gasteiger partial charge is 0.458 e. The number of hydrogen-bond donors (Lipinski definition) is 3. The Morgan fingerprint density at radius 1 is 0.921 bits per heavy atom. The van der Waals surface area contributed by atoms with Crippen molar-refractivity contribution < 1.29 is 57.2 Å². The number of carbonyl (C=O) groups excluding carboxylic acids is 5. The number of esters is 1. The van der Waals surface area contributed by atoms with Gasteiger partial charge >= 0.3 is 12.1 Å². The number of hydrogen-bond acceptors (Lipinski definition) is 13. The molecule has 0 unspecified atom stereocenters. The van der Waals surface area contributed by atoms with E-state index < -0.39 is 35.1 Å². The lowest BCUT2D eigenvalue weighted by molar-refractivity contribution is -0.172. The van der Waals surface area contributed by atoms with Gasteiger partial charge in [0.2, 0.25) is 5.91 Å². The predicted octanol–water partition coefficient (Wildman–Crippen LogP) is 3.14. The number of amides is 4. The Kier molecular flexibility index (Phi) is 13.0. The SMILES string of the molecule is CC[C@@]1(O)C(=O)OCc2c1cc1n(c2=O)Cc2c-1nc1cc(F)c(C)c3c1c2[C@@H](NC(=O)OCCOCCOCCOCCNC(=O)C1CCC(CN2C(=O)C=CC2=O)CC1)CC3. The van der Waals surface area contributed by atoms with Crippen LogP contribution in [0.1, 0.15) is 84.9 Å². The zero-order valence-corrected chi connectivity index (χ0v) is 35.4. The Hall–Kier alpha value is -5.56. The van der Waals surface area contributed by atoms with Gasteiger partial charge in [0.15, 0.2) is 5.60 Å². The quantitative estimate of drug-likeness (QED) is 0.0792. The third-order valence-corrected chi connectivity index (χ3v) is 13.0. The second-order valence-corrected chi connectivity index (χ2v) is 16.6. The van der Waals surface area contributed by atoms with Crippen LogP contribution in [0.4, 0.5) is 9.18 Å². The minimum Gasteiger partial charge on any atom is -0.458 e. The number of aryl methyl sites for hydroxylation is 1. The third-order valence-electron chi connectivity index (χ3n) is 13.0. The molecular formula is C45H52FN5O12. The topological polar surface area (TPSA) is 214 Å². The highest BCUT2D eigenvalue weighted by atomic mass is 19.1. The molecule has 1 fully saturated rings. The Labute approximate surface area is 362 Å². The number of aliphatic hydroxyl groups is 1. The summed E-state index contributed by atoms with van der Waals surface area (Å²) >= 11 is 0. The highest BCUT2D eigenvalue weighted by Crippen LogP contribution is 2.46. The lowest BCUT2D eigenvalue weighted by Gasteiger charge is -2.31. The van der Waals surface area contributed by atoms with E-state index in [1.54, 1.807) is 19.9 Å². The van der Waals surface area contributed by atoms with Gasteiger partial charge in [-0.3, -0.25) is 24.1 Å². The monoisotopic (exact) mass is 873 g/mol. The number of fused-ring (bicyclic) bond motifs is 5. The Morgan fingerprint density at radius 3 is 2.30 bits per heavy atom. The van der Waals surface area contributed by atoms with Crippen LogP contribution in [0.5, 0.6) is 0 Å². The van der Waals surface area contributed by atoms with E-state index in [2.05, 4.69) is 10.6 Å². The third kappa shape index (κ3) is 8.73. The molecule has 1 aromatic carbocycles. The van der Waals surface area contributed by atoms with E-state index in [1.165, 1.54) is 27.7 Å². The molecule has 1 saturated carbocycles. The minimum absolute atomic E-state index is 0.00650. The fourth-order valence-electron chi connectivity index (χ4n) is 9.49. The Morgan fingerprint density at radius 2 is 1.60 bits per heavy atom. The van der Waals surface area contributed by atoms with Gasteiger partial charge in [-0.15, -0.1) is 0 Å². The average molecular weight is 874 g/mol. The van der Waals surface area contributed by atoms with Crippen molar-refractivity contribution in [3.8, 4) is 11.4 Å². The number of nitrogens with zero attached hydrogens (tertiary/aromatic N) is 3. The van der Waals surface area contributed by atoms with Crippen LogP contribution in [0, 0.1) is 24.6 Å². The van der Waals surface area contributed by atoms with Crippen LogP contribution in [-0.4, -0.2) is 109 Å². The first-order valence-electron chi connectivity index (χ1n) is 21.7. The van der Waals surface area contributed by atoms with Crippen LogP contribution in [0.2, 0.25) is 0 Å². The second kappa shape index (κ2) is 18.7. The number of carbonyl (C=O) groups is 5. The molecule has 3 aliphatic heterocycles. The molecule has 2 aliphatic carbocycles. The maximum Gasteiger partial charge on any atom is 0.407 e. The first-order chi connectivity index (χ1) is 30.4. The summed E-state index contributed by atoms with van der Waals surface area (Å²) in [6.45, 7) is 5.65. The lowest BCUT2D eigenvalue weighted by Crippen LogP contribution is -2.44. The normalized spacial score (nSPS) is 22.2. The van der Waals surface area contributed by atoms with E-state index in [1.807, 2.05) is 0 Å². The van der Waals surface area contributed by atoms with E-state index in [4.69, 9.17) is 28.7 Å². The van der Waals surface area contributed by atoms with Crippen molar-refractivity contribution in [3.63, 3.8) is 0 Å². The summed E-state index contributed by atoms with van der Waals surface area (Å²) in [7, 11) is 0. The van der Waals surface area contributed by atoms with E-state index >= 15 is 4.39 Å². The molecule has 3 aromatic rings. The van der Waals surface area contributed by atoms with Crippen LogP contribution in [0.15, 0.2) is 29.1 Å². The highest BCUT2D eigenvalue weighted by Gasteiger charge is 2.46. The van der Waals surface area contributed by atoms with Crippen molar-refractivity contribution in [1.82, 2.24) is 25.1 Å². The summed E-state index contributed by atoms with van der Waals surface area (Å²) in [5.74, 6) is -1.68. The number of rotatable bonds is 17. The molecule has 2 atom stereocenters. The molecule has 8 rings (SSSR count). The van der Waals surface area contributed by atoms with Gasteiger partial charge in [-0.05, 0) is 80.5 Å². The first kappa shape index (κ1) is 44.1. The molecule has 5 heterocycles. The Bertz CT molecular complexity index is 2410. The number of halogens is 1. The van der Waals surface area contributed by atoms with Crippen molar-refractivity contribution in [2.45, 2.75) is 83.6 Å². The molecule has 17 nitrogen and oxygen atoms in total. The Balaban J connectivity index is 0.754. The summed E-state index contributed by atoms with van der Waals surface area (Å²) in [6, 6.07) is 2.42. The van der Waals surface area contributed by atoms with Crippen LogP contribution in [0.25, 0.3) is 22.3 Å². The molecule has 336 valence electrons. The van der Waals surface area contributed by atoms with Gasteiger partial charge in [0.05, 0.1) is 74.7 Å². The summed E-state index contributed by atoms with van der Waals surface area (Å²) in [6.07, 6.45) is 5.83. The number of cyclic esters (lactones) is 1. The van der Waals surface area contributed by atoms with Crippen LogP contribution in [-0.2, 0) is 68.0 Å². The predicted molar refractivity (Wildman–Crippen MR) is 222 cm³/mol. The molecule has 4 amide bonds. The van der Waals surface area contributed by atoms with Crippen LogP contribution >= 0.6 is 0 Å². The smallest absolute Gasteiger partial charge is 0.407 e. The molecule has 18 heteroatoms. The molecule has 0 saturated heterocycles. The fourth-order valence-corrected chi connectivity index (χ4v) is 9.49. The molecule has 2 aromatic heterocycles. The molecule has 0 bridgehead atoms. The standard InChI is InChI=1S/C45H52FN5O12/c1-3-45(58)31-20-35-40-29(23-50(35)42(55)30(31)24-63-43(45)56)39-33(9-8-28-25(2)32(46)21-34(48-40)38(28)39)49-44(57)62-19-18-61-17-16-60-15-14-59-13-12-47-41(54)27-6-4-26(5-7-27)22-51-36(52)10-11-37(51)53/h10-11,20-21,26-27,33,58H,3-9,12-19,22-24H2,1-2H3,(H,47,54)(H,49,57)/t26?,27?,33-,45-/m0/s1. The number of benzene rings is 1. The van der Waals surface area contributed by atoms with E-state index in [0.29, 0.717) is 93.2 Å². The van der Waals surface area contributed by atoms with Crippen molar-refractivity contribution in [3.05, 3.63) is 73.8 Å². The summed E-state index contributed by atoms with van der Waals surface area (Å²) in [5, 5.41) is 17.9. The zero-order valence-electron chi connectivity index (χ0n) is 35.4. The molecule has 5 aliphatic rings. The number of pyridine rings is 2. The minimum atomic E-state index is -2.00. The van der Waals surface area contributed by atoms with Crippen molar-refractivity contribution in [2.24, 2.45) is 11.8 Å². The lowest BCUT2D eigenvalue weighted by atomic mass is 9.81. The summed E-state index contributed by atoms with van der Waals surface area (Å²) in [5.41, 5.74) is 1.80. The number of ether oxygens (including phenoxy) is 5. The molecule has 3 N–H and O–H groups in total. The van der Waals surface area contributed by atoms with Crippen molar-refractivity contribution >= 4 is 40.7 Å².